The molecule has 15 heavy (non-hydrogen) atoms. The molecule has 0 saturated heterocycles. The van der Waals surface area contributed by atoms with Gasteiger partial charge in [-0.15, -0.1) is 0 Å². The molecule has 0 unspecified atom stereocenters. The Morgan fingerprint density at radius 1 is 1.53 bits per heavy atom. The predicted octanol–water partition coefficient (Wildman–Crippen LogP) is 2.16. The first-order chi connectivity index (χ1) is 7.10. The summed E-state index contributed by atoms with van der Waals surface area (Å²) in [6.45, 7) is 1.75. The van der Waals surface area contributed by atoms with E-state index in [1.807, 2.05) is 0 Å². The maximum absolute atomic E-state index is 11.3. The van der Waals surface area contributed by atoms with Gasteiger partial charge in [-0.25, -0.2) is 4.79 Å². The first-order valence-electron chi connectivity index (χ1n) is 4.17. The van der Waals surface area contributed by atoms with Crippen molar-refractivity contribution in [2.24, 2.45) is 5.16 Å². The Hall–Kier alpha value is -1.55. The number of esters is 1. The van der Waals surface area contributed by atoms with Crippen LogP contribution in [0, 0.1) is 6.92 Å². The molecule has 4 nitrogen and oxygen atoms in total. The van der Waals surface area contributed by atoms with E-state index in [1.165, 1.54) is 7.11 Å². The first kappa shape index (κ1) is 11.5. The number of rotatable bonds is 2. The fourth-order valence-corrected chi connectivity index (χ4v) is 1.31. The number of hydrogen-bond acceptors (Lipinski definition) is 4. The van der Waals surface area contributed by atoms with E-state index in [-0.39, 0.29) is 5.17 Å². The van der Waals surface area contributed by atoms with Crippen LogP contribution in [0.5, 0.6) is 0 Å². The highest BCUT2D eigenvalue weighted by Crippen LogP contribution is 2.14. The number of benzene rings is 1. The summed E-state index contributed by atoms with van der Waals surface area (Å²) in [6.07, 6.45) is 0. The van der Waals surface area contributed by atoms with Crippen molar-refractivity contribution in [2.75, 3.05) is 7.11 Å². The molecule has 5 heteroatoms. The van der Waals surface area contributed by atoms with Gasteiger partial charge in [-0.2, -0.15) is 0 Å². The molecule has 0 atom stereocenters. The SMILES string of the molecule is COC(=O)c1ccc(/C(Cl)=N/O)cc1C. The van der Waals surface area contributed by atoms with E-state index >= 15 is 0 Å². The third-order valence-corrected chi connectivity index (χ3v) is 2.25. The van der Waals surface area contributed by atoms with Gasteiger partial charge in [0, 0.05) is 5.56 Å². The smallest absolute Gasteiger partial charge is 0.338 e. The number of carbonyl (C=O) groups is 1. The minimum atomic E-state index is -0.406. The van der Waals surface area contributed by atoms with Crippen molar-refractivity contribution in [3.8, 4) is 0 Å². The summed E-state index contributed by atoms with van der Waals surface area (Å²) in [5.74, 6) is -0.406. The average molecular weight is 228 g/mol. The van der Waals surface area contributed by atoms with Gasteiger partial charge in [0.15, 0.2) is 5.17 Å². The molecule has 0 saturated carbocycles. The summed E-state index contributed by atoms with van der Waals surface area (Å²) in [5.41, 5.74) is 1.72. The quantitative estimate of drug-likeness (QED) is 0.365. The number of methoxy groups -OCH3 is 1. The number of ether oxygens (including phenoxy) is 1. The summed E-state index contributed by atoms with van der Waals surface area (Å²) >= 11 is 5.61. The normalized spacial score (nSPS) is 11.3. The molecule has 1 N–H and O–H groups in total. The van der Waals surface area contributed by atoms with E-state index in [2.05, 4.69) is 9.89 Å². The lowest BCUT2D eigenvalue weighted by molar-refractivity contribution is 0.0600. The third kappa shape index (κ3) is 2.47. The van der Waals surface area contributed by atoms with Crippen molar-refractivity contribution in [2.45, 2.75) is 6.92 Å². The van der Waals surface area contributed by atoms with Gasteiger partial charge in [0.25, 0.3) is 0 Å². The molecule has 0 fully saturated rings. The summed E-state index contributed by atoms with van der Waals surface area (Å²) in [6, 6.07) is 4.81. The van der Waals surface area contributed by atoms with E-state index in [4.69, 9.17) is 16.8 Å². The lowest BCUT2D eigenvalue weighted by atomic mass is 10.1. The Balaban J connectivity index is 3.14. The van der Waals surface area contributed by atoms with E-state index in [0.29, 0.717) is 16.7 Å². The van der Waals surface area contributed by atoms with Crippen LogP contribution in [0.25, 0.3) is 0 Å². The summed E-state index contributed by atoms with van der Waals surface area (Å²) < 4.78 is 4.59. The topological polar surface area (TPSA) is 58.9 Å². The lowest BCUT2D eigenvalue weighted by Crippen LogP contribution is -2.04. The highest BCUT2D eigenvalue weighted by molar-refractivity contribution is 6.69. The molecule has 0 amide bonds. The van der Waals surface area contributed by atoms with Gasteiger partial charge >= 0.3 is 5.97 Å². The van der Waals surface area contributed by atoms with Crippen molar-refractivity contribution >= 4 is 22.7 Å². The molecular formula is C10H10ClNO3. The van der Waals surface area contributed by atoms with Gasteiger partial charge in [-0.3, -0.25) is 0 Å². The van der Waals surface area contributed by atoms with Crippen molar-refractivity contribution < 1.29 is 14.7 Å². The molecule has 1 aromatic rings. The van der Waals surface area contributed by atoms with Crippen LogP contribution in [0.15, 0.2) is 23.4 Å². The van der Waals surface area contributed by atoms with Gasteiger partial charge in [-0.05, 0) is 24.6 Å². The second kappa shape index (κ2) is 4.79. The first-order valence-corrected chi connectivity index (χ1v) is 4.55. The monoisotopic (exact) mass is 227 g/mol. The fraction of sp³-hybridized carbons (Fsp3) is 0.200. The maximum Gasteiger partial charge on any atom is 0.338 e. The van der Waals surface area contributed by atoms with Crippen LogP contribution >= 0.6 is 11.6 Å². The van der Waals surface area contributed by atoms with Crippen LogP contribution in [0.4, 0.5) is 0 Å². The third-order valence-electron chi connectivity index (χ3n) is 1.96. The summed E-state index contributed by atoms with van der Waals surface area (Å²) in [7, 11) is 1.32. The van der Waals surface area contributed by atoms with Crippen molar-refractivity contribution in [3.63, 3.8) is 0 Å². The molecule has 0 heterocycles. The van der Waals surface area contributed by atoms with Gasteiger partial charge in [0.05, 0.1) is 12.7 Å². The second-order valence-corrected chi connectivity index (χ2v) is 3.27. The molecule has 0 bridgehead atoms. The van der Waals surface area contributed by atoms with Crippen molar-refractivity contribution in [3.05, 3.63) is 34.9 Å². The average Bonchev–Trinajstić information content (AvgIpc) is 2.26. The van der Waals surface area contributed by atoms with Crippen LogP contribution in [-0.4, -0.2) is 23.5 Å². The predicted molar refractivity (Wildman–Crippen MR) is 56.7 cm³/mol. The Labute approximate surface area is 92.1 Å². The van der Waals surface area contributed by atoms with Crippen LogP contribution in [0.2, 0.25) is 0 Å². The summed E-state index contributed by atoms with van der Waals surface area (Å²) in [5, 5.41) is 11.3. The molecule has 0 aliphatic heterocycles. The molecular weight excluding hydrogens is 218 g/mol. The molecule has 0 spiro atoms. The Bertz CT molecular complexity index is 415. The van der Waals surface area contributed by atoms with Gasteiger partial charge < -0.3 is 9.94 Å². The van der Waals surface area contributed by atoms with Crippen molar-refractivity contribution in [1.82, 2.24) is 0 Å². The number of carbonyl (C=O) groups excluding carboxylic acids is 1. The Morgan fingerprint density at radius 3 is 2.67 bits per heavy atom. The second-order valence-electron chi connectivity index (χ2n) is 2.91. The molecule has 0 aliphatic carbocycles. The molecule has 0 aromatic heterocycles. The largest absolute Gasteiger partial charge is 0.465 e. The molecule has 0 aliphatic rings. The van der Waals surface area contributed by atoms with E-state index in [0.717, 1.165) is 0 Å². The number of nitrogens with zero attached hydrogens (tertiary/aromatic N) is 1. The van der Waals surface area contributed by atoms with Crippen LogP contribution < -0.4 is 0 Å². The molecule has 0 radical (unpaired) electrons. The zero-order valence-electron chi connectivity index (χ0n) is 8.32. The van der Waals surface area contributed by atoms with E-state index in [9.17, 15) is 4.79 Å². The van der Waals surface area contributed by atoms with Gasteiger partial charge in [0.2, 0.25) is 0 Å². The lowest BCUT2D eigenvalue weighted by Gasteiger charge is -2.05. The molecule has 1 rings (SSSR count). The zero-order chi connectivity index (χ0) is 11.4. The molecule has 1 aromatic carbocycles. The number of aryl methyl sites for hydroxylation is 1. The van der Waals surface area contributed by atoms with Crippen molar-refractivity contribution in [1.29, 1.82) is 0 Å². The Morgan fingerprint density at radius 2 is 2.20 bits per heavy atom. The Kier molecular flexibility index (Phi) is 3.68. The van der Waals surface area contributed by atoms with Gasteiger partial charge in [0.1, 0.15) is 0 Å². The number of halogens is 1. The summed E-state index contributed by atoms with van der Waals surface area (Å²) in [4.78, 5) is 11.3. The number of hydrogen-bond donors (Lipinski definition) is 1. The number of oxime groups is 1. The van der Waals surface area contributed by atoms with E-state index in [1.54, 1.807) is 25.1 Å². The minimum absolute atomic E-state index is 0.0190. The van der Waals surface area contributed by atoms with Gasteiger partial charge in [-0.1, -0.05) is 22.8 Å². The maximum atomic E-state index is 11.3. The van der Waals surface area contributed by atoms with Crippen LogP contribution in [0.1, 0.15) is 21.5 Å². The highest BCUT2D eigenvalue weighted by atomic mass is 35.5. The fourth-order valence-electron chi connectivity index (χ4n) is 1.19. The standard InChI is InChI=1S/C10H10ClNO3/c1-6-5-7(9(11)12-14)3-4-8(6)10(13)15-2/h3-5,14H,1-2H3/b12-9-. The van der Waals surface area contributed by atoms with Crippen LogP contribution in [-0.2, 0) is 4.74 Å². The van der Waals surface area contributed by atoms with Crippen LogP contribution in [0.3, 0.4) is 0 Å². The molecule has 80 valence electrons. The highest BCUT2D eigenvalue weighted by Gasteiger charge is 2.10. The zero-order valence-corrected chi connectivity index (χ0v) is 9.08. The minimum Gasteiger partial charge on any atom is -0.465 e. The van der Waals surface area contributed by atoms with E-state index < -0.39 is 5.97 Å².